The van der Waals surface area contributed by atoms with Crippen LogP contribution in [0.1, 0.15) is 23.6 Å². The fraction of sp³-hybridized carbons (Fsp3) is 0.357. The number of hydrogen-bond acceptors (Lipinski definition) is 2. The van der Waals surface area contributed by atoms with Crippen molar-refractivity contribution in [1.29, 1.82) is 0 Å². The normalized spacial score (nSPS) is 12.6. The number of aryl methyl sites for hydroxylation is 2. The SMILES string of the molecule is CNC(CCc1cnn(C)c1)c1cc(Cl)ccc1I. The first-order chi connectivity index (χ1) is 9.10. The van der Waals surface area contributed by atoms with Gasteiger partial charge in [0.1, 0.15) is 0 Å². The van der Waals surface area contributed by atoms with Crippen LogP contribution < -0.4 is 5.32 Å². The maximum atomic E-state index is 6.09. The van der Waals surface area contributed by atoms with Gasteiger partial charge in [-0.05, 0) is 71.8 Å². The van der Waals surface area contributed by atoms with Crippen molar-refractivity contribution in [2.75, 3.05) is 7.05 Å². The number of nitrogens with zero attached hydrogens (tertiary/aromatic N) is 2. The number of halogens is 2. The lowest BCUT2D eigenvalue weighted by atomic mass is 10.0. The zero-order valence-corrected chi connectivity index (χ0v) is 13.9. The highest BCUT2D eigenvalue weighted by molar-refractivity contribution is 14.1. The van der Waals surface area contributed by atoms with Gasteiger partial charge in [0.05, 0.1) is 6.20 Å². The van der Waals surface area contributed by atoms with E-state index < -0.39 is 0 Å². The van der Waals surface area contributed by atoms with Crippen LogP contribution in [-0.4, -0.2) is 16.8 Å². The van der Waals surface area contributed by atoms with E-state index in [1.165, 1.54) is 14.7 Å². The average Bonchev–Trinajstić information content (AvgIpc) is 2.80. The Morgan fingerprint density at radius 1 is 1.47 bits per heavy atom. The Bertz CT molecular complexity index is 553. The topological polar surface area (TPSA) is 29.9 Å². The summed E-state index contributed by atoms with van der Waals surface area (Å²) in [5, 5.41) is 8.36. The van der Waals surface area contributed by atoms with Crippen molar-refractivity contribution in [3.8, 4) is 0 Å². The second-order valence-electron chi connectivity index (χ2n) is 4.57. The van der Waals surface area contributed by atoms with E-state index in [1.807, 2.05) is 37.1 Å². The predicted molar refractivity (Wildman–Crippen MR) is 87.5 cm³/mol. The van der Waals surface area contributed by atoms with E-state index in [1.54, 1.807) is 0 Å². The van der Waals surface area contributed by atoms with E-state index in [2.05, 4.69) is 45.3 Å². The predicted octanol–water partition coefficient (Wildman–Crippen LogP) is 3.57. The first kappa shape index (κ1) is 14.8. The first-order valence-electron chi connectivity index (χ1n) is 6.20. The van der Waals surface area contributed by atoms with Crippen molar-refractivity contribution in [1.82, 2.24) is 15.1 Å². The summed E-state index contributed by atoms with van der Waals surface area (Å²) < 4.78 is 3.08. The second kappa shape index (κ2) is 6.72. The molecule has 3 nitrogen and oxygen atoms in total. The molecule has 5 heteroatoms. The molecule has 0 bridgehead atoms. The molecule has 1 atom stereocenters. The number of rotatable bonds is 5. The van der Waals surface area contributed by atoms with Crippen LogP contribution in [0.3, 0.4) is 0 Å². The van der Waals surface area contributed by atoms with Gasteiger partial charge < -0.3 is 5.32 Å². The van der Waals surface area contributed by atoms with Gasteiger partial charge in [-0.2, -0.15) is 5.10 Å². The molecule has 0 saturated heterocycles. The maximum Gasteiger partial charge on any atom is 0.0521 e. The number of aromatic nitrogens is 2. The Kier molecular flexibility index (Phi) is 5.24. The Morgan fingerprint density at radius 2 is 2.26 bits per heavy atom. The Hall–Kier alpha value is -0.590. The van der Waals surface area contributed by atoms with Crippen LogP contribution in [0.15, 0.2) is 30.6 Å². The number of hydrogen-bond donors (Lipinski definition) is 1. The van der Waals surface area contributed by atoms with Crippen LogP contribution >= 0.6 is 34.2 Å². The van der Waals surface area contributed by atoms with Crippen molar-refractivity contribution >= 4 is 34.2 Å². The van der Waals surface area contributed by atoms with E-state index in [4.69, 9.17) is 11.6 Å². The number of nitrogens with one attached hydrogen (secondary N) is 1. The molecule has 102 valence electrons. The quantitative estimate of drug-likeness (QED) is 0.792. The van der Waals surface area contributed by atoms with Gasteiger partial charge in [-0.1, -0.05) is 11.6 Å². The van der Waals surface area contributed by atoms with E-state index in [9.17, 15) is 0 Å². The summed E-state index contributed by atoms with van der Waals surface area (Å²) in [6.07, 6.45) is 6.02. The highest BCUT2D eigenvalue weighted by Crippen LogP contribution is 2.26. The molecule has 0 aliphatic rings. The molecule has 1 heterocycles. The van der Waals surface area contributed by atoms with Crippen LogP contribution in [0.25, 0.3) is 0 Å². The lowest BCUT2D eigenvalue weighted by Crippen LogP contribution is -2.18. The van der Waals surface area contributed by atoms with Crippen LogP contribution in [0, 0.1) is 3.57 Å². The van der Waals surface area contributed by atoms with Crippen molar-refractivity contribution < 1.29 is 0 Å². The summed E-state index contributed by atoms with van der Waals surface area (Å²) in [4.78, 5) is 0. The third-order valence-corrected chi connectivity index (χ3v) is 4.38. The zero-order valence-electron chi connectivity index (χ0n) is 11.0. The highest BCUT2D eigenvalue weighted by Gasteiger charge is 2.13. The Labute approximate surface area is 132 Å². The molecular weight excluding hydrogens is 373 g/mol. The van der Waals surface area contributed by atoms with Gasteiger partial charge in [-0.25, -0.2) is 0 Å². The number of benzene rings is 1. The van der Waals surface area contributed by atoms with Crippen molar-refractivity contribution in [2.24, 2.45) is 7.05 Å². The van der Waals surface area contributed by atoms with E-state index >= 15 is 0 Å². The van der Waals surface area contributed by atoms with Gasteiger partial charge in [0.15, 0.2) is 0 Å². The second-order valence-corrected chi connectivity index (χ2v) is 6.17. The molecule has 0 fully saturated rings. The summed E-state index contributed by atoms with van der Waals surface area (Å²) in [5.41, 5.74) is 2.53. The average molecular weight is 390 g/mol. The molecule has 1 unspecified atom stereocenters. The Balaban J connectivity index is 2.09. The van der Waals surface area contributed by atoms with Crippen molar-refractivity contribution in [3.05, 3.63) is 50.3 Å². The maximum absolute atomic E-state index is 6.09. The van der Waals surface area contributed by atoms with E-state index in [-0.39, 0.29) is 0 Å². The monoisotopic (exact) mass is 389 g/mol. The van der Waals surface area contributed by atoms with Crippen LogP contribution in [0.2, 0.25) is 5.02 Å². The molecule has 0 amide bonds. The standard InChI is InChI=1S/C14H17ClIN3/c1-17-14(6-3-10-8-18-19(2)9-10)12-7-11(15)4-5-13(12)16/h4-5,7-9,14,17H,3,6H2,1-2H3. The fourth-order valence-electron chi connectivity index (χ4n) is 2.15. The van der Waals surface area contributed by atoms with Crippen molar-refractivity contribution in [3.63, 3.8) is 0 Å². The lowest BCUT2D eigenvalue weighted by molar-refractivity contribution is 0.547. The van der Waals surface area contributed by atoms with Crippen LogP contribution in [0.5, 0.6) is 0 Å². The molecule has 19 heavy (non-hydrogen) atoms. The van der Waals surface area contributed by atoms with Gasteiger partial charge in [0, 0.05) is 27.9 Å². The van der Waals surface area contributed by atoms with Crippen LogP contribution in [0.4, 0.5) is 0 Å². The molecule has 2 rings (SSSR count). The minimum absolute atomic E-state index is 0.311. The molecule has 0 radical (unpaired) electrons. The summed E-state index contributed by atoms with van der Waals surface area (Å²) in [7, 11) is 3.93. The van der Waals surface area contributed by atoms with Gasteiger partial charge in [-0.3, -0.25) is 4.68 Å². The van der Waals surface area contributed by atoms with Crippen LogP contribution in [-0.2, 0) is 13.5 Å². The molecule has 0 aliphatic carbocycles. The van der Waals surface area contributed by atoms with E-state index in [0.717, 1.165) is 17.9 Å². The van der Waals surface area contributed by atoms with Gasteiger partial charge in [0.2, 0.25) is 0 Å². The van der Waals surface area contributed by atoms with Gasteiger partial charge in [-0.15, -0.1) is 0 Å². The minimum atomic E-state index is 0.311. The molecule has 0 saturated carbocycles. The third-order valence-electron chi connectivity index (χ3n) is 3.16. The summed E-state index contributed by atoms with van der Waals surface area (Å²) in [5.74, 6) is 0. The summed E-state index contributed by atoms with van der Waals surface area (Å²) in [6, 6.07) is 6.35. The van der Waals surface area contributed by atoms with E-state index in [0.29, 0.717) is 6.04 Å². The fourth-order valence-corrected chi connectivity index (χ4v) is 3.04. The molecule has 1 N–H and O–H groups in total. The third kappa shape index (κ3) is 3.94. The molecule has 0 spiro atoms. The lowest BCUT2D eigenvalue weighted by Gasteiger charge is -2.18. The zero-order chi connectivity index (χ0) is 13.8. The highest BCUT2D eigenvalue weighted by atomic mass is 127. The first-order valence-corrected chi connectivity index (χ1v) is 7.65. The summed E-state index contributed by atoms with van der Waals surface area (Å²) >= 11 is 8.45. The van der Waals surface area contributed by atoms with Gasteiger partial charge in [0.25, 0.3) is 0 Å². The molecule has 1 aromatic heterocycles. The minimum Gasteiger partial charge on any atom is -0.313 e. The molecule has 1 aromatic carbocycles. The van der Waals surface area contributed by atoms with Gasteiger partial charge >= 0.3 is 0 Å². The summed E-state index contributed by atoms with van der Waals surface area (Å²) in [6.45, 7) is 0. The Morgan fingerprint density at radius 3 is 2.89 bits per heavy atom. The molecule has 2 aromatic rings. The molecule has 0 aliphatic heterocycles. The smallest absolute Gasteiger partial charge is 0.0521 e. The molecular formula is C14H17ClIN3. The van der Waals surface area contributed by atoms with Crippen molar-refractivity contribution in [2.45, 2.75) is 18.9 Å². The largest absolute Gasteiger partial charge is 0.313 e.